The van der Waals surface area contributed by atoms with E-state index in [1.165, 1.54) is 42.5 Å². The first-order valence-corrected chi connectivity index (χ1v) is 14.3. The van der Waals surface area contributed by atoms with E-state index < -0.39 is 43.6 Å². The molecule has 0 radical (unpaired) electrons. The molecule has 0 unspecified atom stereocenters. The first-order chi connectivity index (χ1) is 20.1. The molecule has 12 nitrogen and oxygen atoms in total. The zero-order valence-corrected chi connectivity index (χ0v) is 23.3. The second-order valence-corrected chi connectivity index (χ2v) is 12.0. The van der Waals surface area contributed by atoms with Gasteiger partial charge in [-0.15, -0.1) is 0 Å². The summed E-state index contributed by atoms with van der Waals surface area (Å²) in [5.41, 5.74) is 1.94. The highest BCUT2D eigenvalue weighted by Crippen LogP contribution is 2.55. The van der Waals surface area contributed by atoms with Crippen molar-refractivity contribution in [2.24, 2.45) is 5.92 Å². The topological polar surface area (TPSA) is 166 Å². The van der Waals surface area contributed by atoms with E-state index in [9.17, 15) is 34.6 Å². The molecule has 2 aliphatic rings. The van der Waals surface area contributed by atoms with Crippen molar-refractivity contribution in [2.75, 3.05) is 4.90 Å². The number of thioether (sulfide) groups is 1. The normalized spacial score (nSPS) is 19.4. The second kappa shape index (κ2) is 10.5. The highest BCUT2D eigenvalue weighted by molar-refractivity contribution is 8.00. The standard InChI is InChI=1S/C28H20N4O8S2/c1-14-2-4-15(5-3-14)13-40-20-11-10-18(32(38)39)12-19(20)21-22-24(41-25-23(21)42-28(35)29-25)27(34)30(26(22)33)16-6-8-17(9-7-16)31(36)37/h2-12,21-22,24H,13H2,1H3,(H,29,35)/t21-,22-,24+/m0/s1. The summed E-state index contributed by atoms with van der Waals surface area (Å²) >= 11 is 1.93. The van der Waals surface area contributed by atoms with E-state index in [2.05, 4.69) is 4.98 Å². The van der Waals surface area contributed by atoms with Crippen molar-refractivity contribution in [1.82, 2.24) is 4.98 Å². The summed E-state index contributed by atoms with van der Waals surface area (Å²) in [6.45, 7) is 2.09. The van der Waals surface area contributed by atoms with Gasteiger partial charge in [-0.25, -0.2) is 4.90 Å². The van der Waals surface area contributed by atoms with Crippen molar-refractivity contribution in [3.63, 3.8) is 0 Å². The predicted molar refractivity (Wildman–Crippen MR) is 154 cm³/mol. The minimum Gasteiger partial charge on any atom is -0.489 e. The summed E-state index contributed by atoms with van der Waals surface area (Å²) in [5, 5.41) is 22.4. The number of non-ortho nitro benzene ring substituents is 2. The highest BCUT2D eigenvalue weighted by Gasteiger charge is 2.57. The average Bonchev–Trinajstić information content (AvgIpc) is 3.46. The molecule has 3 atom stereocenters. The number of ether oxygens (including phenoxy) is 1. The molecule has 42 heavy (non-hydrogen) atoms. The quantitative estimate of drug-likeness (QED) is 0.175. The number of rotatable bonds is 7. The number of nitro groups is 2. The molecule has 3 aromatic carbocycles. The Kier molecular flexibility index (Phi) is 6.86. The highest BCUT2D eigenvalue weighted by atomic mass is 32.2. The van der Waals surface area contributed by atoms with Gasteiger partial charge in [0.2, 0.25) is 11.8 Å². The maximum absolute atomic E-state index is 14.0. The van der Waals surface area contributed by atoms with Gasteiger partial charge >= 0.3 is 4.87 Å². The van der Waals surface area contributed by atoms with Crippen molar-refractivity contribution < 1.29 is 24.2 Å². The van der Waals surface area contributed by atoms with Gasteiger partial charge in [0.15, 0.2) is 0 Å². The minimum atomic E-state index is -1.03. The number of anilines is 1. The van der Waals surface area contributed by atoms with Crippen molar-refractivity contribution in [3.8, 4) is 5.75 Å². The molecule has 4 aromatic rings. The molecule has 1 N–H and O–H groups in total. The Bertz CT molecular complexity index is 1820. The molecule has 3 heterocycles. The summed E-state index contributed by atoms with van der Waals surface area (Å²) in [5.74, 6) is -2.81. The lowest BCUT2D eigenvalue weighted by atomic mass is 9.82. The van der Waals surface area contributed by atoms with Crippen LogP contribution in [0.3, 0.4) is 0 Å². The SMILES string of the molecule is Cc1ccc(COc2ccc([N+](=O)[O-])cc2[C@@H]2c3sc(=O)[nH]c3S[C@H]3C(=O)N(c4ccc([N+](=O)[O-])cc4)C(=O)[C@@H]23)cc1. The van der Waals surface area contributed by atoms with Crippen LogP contribution >= 0.6 is 23.1 Å². The molecule has 1 aromatic heterocycles. The van der Waals surface area contributed by atoms with Crippen LogP contribution in [0.1, 0.15) is 27.5 Å². The average molecular weight is 605 g/mol. The summed E-state index contributed by atoms with van der Waals surface area (Å²) < 4.78 is 6.14. The molecule has 14 heteroatoms. The Morgan fingerprint density at radius 1 is 0.905 bits per heavy atom. The Hall–Kier alpha value is -4.82. The molecule has 2 aliphatic heterocycles. The van der Waals surface area contributed by atoms with Crippen LogP contribution in [-0.2, 0) is 16.2 Å². The molecule has 0 bridgehead atoms. The van der Waals surface area contributed by atoms with Crippen LogP contribution < -0.4 is 14.5 Å². The van der Waals surface area contributed by atoms with Gasteiger partial charge < -0.3 is 9.72 Å². The molecule has 6 rings (SSSR count). The number of carbonyl (C=O) groups excluding carboxylic acids is 2. The van der Waals surface area contributed by atoms with Gasteiger partial charge in [-0.3, -0.25) is 34.6 Å². The molecular formula is C28H20N4O8S2. The minimum absolute atomic E-state index is 0.138. The Labute approximate surface area is 245 Å². The molecule has 2 amide bonds. The van der Waals surface area contributed by atoms with Crippen molar-refractivity contribution in [3.05, 3.63) is 118 Å². The van der Waals surface area contributed by atoms with Gasteiger partial charge in [0.25, 0.3) is 11.4 Å². The molecule has 0 spiro atoms. The zero-order chi connectivity index (χ0) is 29.7. The number of H-pyrrole nitrogens is 1. The lowest BCUT2D eigenvalue weighted by Gasteiger charge is -2.30. The number of aromatic amines is 1. The molecule has 0 aliphatic carbocycles. The first-order valence-electron chi connectivity index (χ1n) is 12.6. The van der Waals surface area contributed by atoms with Crippen molar-refractivity contribution >= 4 is 52.0 Å². The van der Waals surface area contributed by atoms with Crippen LogP contribution in [0.4, 0.5) is 17.1 Å². The number of carbonyl (C=O) groups is 2. The van der Waals surface area contributed by atoms with Crippen LogP contribution in [0.25, 0.3) is 0 Å². The number of hydrogen-bond donors (Lipinski definition) is 1. The van der Waals surface area contributed by atoms with E-state index >= 15 is 0 Å². The fraction of sp³-hybridized carbons (Fsp3) is 0.179. The fourth-order valence-corrected chi connectivity index (χ4v) is 7.71. The third kappa shape index (κ3) is 4.73. The van der Waals surface area contributed by atoms with Crippen molar-refractivity contribution in [2.45, 2.75) is 29.7 Å². The van der Waals surface area contributed by atoms with Gasteiger partial charge in [-0.1, -0.05) is 52.9 Å². The first kappa shape index (κ1) is 27.4. The van der Waals surface area contributed by atoms with E-state index in [4.69, 9.17) is 4.74 Å². The maximum Gasteiger partial charge on any atom is 0.305 e. The van der Waals surface area contributed by atoms with Gasteiger partial charge in [-0.2, -0.15) is 0 Å². The monoisotopic (exact) mass is 604 g/mol. The van der Waals surface area contributed by atoms with Crippen LogP contribution in [-0.4, -0.2) is 31.9 Å². The predicted octanol–water partition coefficient (Wildman–Crippen LogP) is 4.94. The van der Waals surface area contributed by atoms with Gasteiger partial charge in [0.1, 0.15) is 17.6 Å². The molecule has 1 fully saturated rings. The van der Waals surface area contributed by atoms with Gasteiger partial charge in [0, 0.05) is 40.6 Å². The fourth-order valence-electron chi connectivity index (χ4n) is 5.20. The van der Waals surface area contributed by atoms with Crippen LogP contribution in [0.15, 0.2) is 76.6 Å². The Morgan fingerprint density at radius 2 is 1.57 bits per heavy atom. The number of thiazole rings is 1. The summed E-state index contributed by atoms with van der Waals surface area (Å²) in [4.78, 5) is 65.7. The molecular weight excluding hydrogens is 584 g/mol. The number of aromatic nitrogens is 1. The van der Waals surface area contributed by atoms with Crippen LogP contribution in [0, 0.1) is 33.1 Å². The van der Waals surface area contributed by atoms with Crippen LogP contribution in [0.2, 0.25) is 0 Å². The second-order valence-electron chi connectivity index (χ2n) is 9.79. The van der Waals surface area contributed by atoms with Crippen molar-refractivity contribution in [1.29, 1.82) is 0 Å². The number of nitro benzene ring substituents is 2. The van der Waals surface area contributed by atoms with E-state index in [0.29, 0.717) is 15.5 Å². The third-order valence-electron chi connectivity index (χ3n) is 7.20. The molecule has 212 valence electrons. The summed E-state index contributed by atoms with van der Waals surface area (Å²) in [6.07, 6.45) is 0. The smallest absolute Gasteiger partial charge is 0.305 e. The number of fused-ring (bicyclic) bond motifs is 2. The van der Waals surface area contributed by atoms with Gasteiger partial charge in [0.05, 0.1) is 26.5 Å². The summed E-state index contributed by atoms with van der Waals surface area (Å²) in [7, 11) is 0. The zero-order valence-electron chi connectivity index (χ0n) is 21.7. The number of amides is 2. The van der Waals surface area contributed by atoms with Crippen LogP contribution in [0.5, 0.6) is 5.75 Å². The number of nitrogens with one attached hydrogen (secondary N) is 1. The third-order valence-corrected chi connectivity index (χ3v) is 9.60. The van der Waals surface area contributed by atoms with E-state index in [1.807, 2.05) is 31.2 Å². The lowest BCUT2D eigenvalue weighted by molar-refractivity contribution is -0.385. The Morgan fingerprint density at radius 3 is 2.24 bits per heavy atom. The number of hydrogen-bond acceptors (Lipinski definition) is 10. The molecule has 1 saturated heterocycles. The van der Waals surface area contributed by atoms with E-state index in [1.54, 1.807) is 0 Å². The van der Waals surface area contributed by atoms with E-state index in [0.717, 1.165) is 39.1 Å². The van der Waals surface area contributed by atoms with Gasteiger partial charge in [-0.05, 0) is 30.7 Å². The molecule has 0 saturated carbocycles. The largest absolute Gasteiger partial charge is 0.489 e. The number of nitrogens with zero attached hydrogens (tertiary/aromatic N) is 3. The Balaban J connectivity index is 1.45. The number of aryl methyl sites for hydroxylation is 1. The summed E-state index contributed by atoms with van der Waals surface area (Å²) in [6, 6.07) is 16.8. The number of benzene rings is 3. The maximum atomic E-state index is 14.0. The number of imide groups is 1. The van der Waals surface area contributed by atoms with E-state index in [-0.39, 0.29) is 29.4 Å². The lowest BCUT2D eigenvalue weighted by Crippen LogP contribution is -2.32.